The van der Waals surface area contributed by atoms with Crippen molar-refractivity contribution in [3.8, 4) is 16.9 Å². The molecule has 40 heavy (non-hydrogen) atoms. The average molecular weight is 570 g/mol. The molecule has 2 aromatic heterocycles. The molecule has 2 heterocycles. The van der Waals surface area contributed by atoms with Crippen LogP contribution in [0.5, 0.6) is 5.75 Å². The minimum atomic E-state index is -1.39. The Morgan fingerprint density at radius 3 is 2.58 bits per heavy atom. The zero-order valence-electron chi connectivity index (χ0n) is 23.1. The molecule has 0 radical (unpaired) electrons. The van der Waals surface area contributed by atoms with E-state index in [1.54, 1.807) is 6.07 Å². The summed E-state index contributed by atoms with van der Waals surface area (Å²) >= 11 is -1.39. The molecule has 1 atom stereocenters. The molecule has 0 saturated carbocycles. The van der Waals surface area contributed by atoms with Crippen molar-refractivity contribution in [3.63, 3.8) is 0 Å². The third kappa shape index (κ3) is 6.63. The van der Waals surface area contributed by atoms with Crippen LogP contribution in [0.2, 0.25) is 0 Å². The number of aromatic nitrogens is 2. The lowest BCUT2D eigenvalue weighted by Gasteiger charge is -2.23. The van der Waals surface area contributed by atoms with Crippen LogP contribution in [0.1, 0.15) is 57.5 Å². The van der Waals surface area contributed by atoms with Gasteiger partial charge in [0.2, 0.25) is 0 Å². The Kier molecular flexibility index (Phi) is 8.82. The summed E-state index contributed by atoms with van der Waals surface area (Å²) < 4.78 is 52.5. The Hall–Kier alpha value is -3.47. The normalized spacial score (nSPS) is 12.7. The predicted octanol–water partition coefficient (Wildman–Crippen LogP) is 6.32. The van der Waals surface area contributed by atoms with E-state index in [0.717, 1.165) is 22.5 Å². The molecule has 2 aromatic carbocycles. The van der Waals surface area contributed by atoms with Crippen LogP contribution in [0.4, 0.5) is 8.78 Å². The lowest BCUT2D eigenvalue weighted by molar-refractivity contribution is -0.136. The molecule has 2 N–H and O–H groups in total. The molecule has 4 rings (SSSR count). The highest BCUT2D eigenvalue weighted by Gasteiger charge is 2.27. The number of ether oxygens (including phenoxy) is 1. The summed E-state index contributed by atoms with van der Waals surface area (Å²) in [5.74, 6) is -1.90. The second-order valence-electron chi connectivity index (χ2n) is 10.8. The fourth-order valence-electron chi connectivity index (χ4n) is 4.40. The molecule has 0 spiro atoms. The van der Waals surface area contributed by atoms with E-state index in [0.29, 0.717) is 11.1 Å². The zero-order chi connectivity index (χ0) is 29.2. The maximum absolute atomic E-state index is 15.9. The SMILES string of the molecule is CC(C)n1ccc2c(-c3ccnc(CN[S+]([O-])C(C)(C)C)c3F)cc(COc3ccc(F)cc3CC(=O)O)cc21. The maximum atomic E-state index is 15.9. The van der Waals surface area contributed by atoms with Crippen molar-refractivity contribution < 1.29 is 28.0 Å². The highest BCUT2D eigenvalue weighted by atomic mass is 32.2. The van der Waals surface area contributed by atoms with Crippen LogP contribution in [-0.4, -0.2) is 29.9 Å². The second kappa shape index (κ2) is 12.0. The first-order valence-electron chi connectivity index (χ1n) is 12.9. The Labute approximate surface area is 235 Å². The summed E-state index contributed by atoms with van der Waals surface area (Å²) in [4.78, 5) is 15.5. The number of halogens is 2. The molecule has 0 aliphatic heterocycles. The molecule has 0 amide bonds. The third-order valence-corrected chi connectivity index (χ3v) is 7.91. The number of nitrogens with one attached hydrogen (secondary N) is 1. The molecule has 0 bridgehead atoms. The van der Waals surface area contributed by atoms with Crippen LogP contribution < -0.4 is 9.46 Å². The summed E-state index contributed by atoms with van der Waals surface area (Å²) in [5.41, 5.74) is 2.95. The molecule has 0 aliphatic carbocycles. The highest BCUT2D eigenvalue weighted by Crippen LogP contribution is 2.35. The van der Waals surface area contributed by atoms with Gasteiger partial charge < -0.3 is 19.0 Å². The van der Waals surface area contributed by atoms with Crippen LogP contribution in [0.15, 0.2) is 54.9 Å². The number of hydrogen-bond donors (Lipinski definition) is 2. The van der Waals surface area contributed by atoms with E-state index in [1.165, 1.54) is 18.3 Å². The summed E-state index contributed by atoms with van der Waals surface area (Å²) in [5, 5.41) is 10.1. The van der Waals surface area contributed by atoms with Gasteiger partial charge in [-0.25, -0.2) is 8.78 Å². The molecule has 1 unspecified atom stereocenters. The van der Waals surface area contributed by atoms with E-state index in [4.69, 9.17) is 4.74 Å². The number of fused-ring (bicyclic) bond motifs is 1. The molecule has 0 saturated heterocycles. The van der Waals surface area contributed by atoms with Gasteiger partial charge in [0.25, 0.3) is 0 Å². The fraction of sp³-hybridized carbons (Fsp3) is 0.333. The Balaban J connectivity index is 1.73. The Morgan fingerprint density at radius 1 is 1.15 bits per heavy atom. The quantitative estimate of drug-likeness (QED) is 0.217. The lowest BCUT2D eigenvalue weighted by atomic mass is 9.98. The average Bonchev–Trinajstić information content (AvgIpc) is 3.30. The van der Waals surface area contributed by atoms with E-state index in [2.05, 4.69) is 14.3 Å². The molecule has 7 nitrogen and oxygen atoms in total. The predicted molar refractivity (Wildman–Crippen MR) is 152 cm³/mol. The van der Waals surface area contributed by atoms with Gasteiger partial charge in [-0.1, -0.05) is 0 Å². The molecular formula is C30H33F2N3O4S. The van der Waals surface area contributed by atoms with E-state index >= 15 is 4.39 Å². The summed E-state index contributed by atoms with van der Waals surface area (Å²) in [7, 11) is 0. The zero-order valence-corrected chi connectivity index (χ0v) is 23.9. The van der Waals surface area contributed by atoms with Gasteiger partial charge in [0, 0.05) is 51.8 Å². The number of pyridine rings is 1. The van der Waals surface area contributed by atoms with Gasteiger partial charge in [-0.3, -0.25) is 9.78 Å². The van der Waals surface area contributed by atoms with Crippen molar-refractivity contribution >= 4 is 28.2 Å². The minimum absolute atomic E-state index is 0.000569. The summed E-state index contributed by atoms with van der Waals surface area (Å²) in [6.45, 7) is 9.63. The first kappa shape index (κ1) is 29.5. The minimum Gasteiger partial charge on any atom is -0.598 e. The lowest BCUT2D eigenvalue weighted by Crippen LogP contribution is -2.39. The van der Waals surface area contributed by atoms with Crippen LogP contribution in [0, 0.1) is 11.6 Å². The van der Waals surface area contributed by atoms with Crippen molar-refractivity contribution in [1.82, 2.24) is 14.3 Å². The first-order valence-corrected chi connectivity index (χ1v) is 14.1. The Morgan fingerprint density at radius 2 is 1.90 bits per heavy atom. The van der Waals surface area contributed by atoms with E-state index in [-0.39, 0.29) is 42.6 Å². The third-order valence-electron chi connectivity index (χ3n) is 6.39. The Bertz CT molecular complexity index is 1530. The summed E-state index contributed by atoms with van der Waals surface area (Å²) in [6.07, 6.45) is 3.09. The van der Waals surface area contributed by atoms with Crippen molar-refractivity contribution in [2.45, 2.75) is 65.0 Å². The number of carbonyl (C=O) groups is 1. The molecule has 212 valence electrons. The van der Waals surface area contributed by atoms with Gasteiger partial charge in [0.1, 0.15) is 22.9 Å². The number of carboxylic acid groups (broad SMARTS) is 1. The number of hydrogen-bond acceptors (Lipinski definition) is 5. The fourth-order valence-corrected chi connectivity index (χ4v) is 5.10. The van der Waals surface area contributed by atoms with Crippen LogP contribution in [-0.2, 0) is 35.7 Å². The standard InChI is InChI=1S/C30H33F2N3O4S/c1-18(2)35-11-9-22-24(23-8-10-33-25(29(23)32)16-34-40(38)30(3,4)5)12-19(13-26(22)35)17-39-27-7-6-21(31)14-20(27)15-28(36)37/h6-14,18,34H,15-17H2,1-5H3,(H,36,37). The number of carboxylic acids is 1. The van der Waals surface area contributed by atoms with Crippen LogP contribution in [0.3, 0.4) is 0 Å². The number of rotatable bonds is 10. The van der Waals surface area contributed by atoms with Gasteiger partial charge in [-0.05, 0) is 88.2 Å². The molecule has 4 aromatic rings. The first-order chi connectivity index (χ1) is 18.8. The van der Waals surface area contributed by atoms with Crippen LogP contribution >= 0.6 is 0 Å². The van der Waals surface area contributed by atoms with Crippen molar-refractivity contribution in [1.29, 1.82) is 0 Å². The van der Waals surface area contributed by atoms with Crippen LogP contribution in [0.25, 0.3) is 22.0 Å². The molecular weight excluding hydrogens is 536 g/mol. The second-order valence-corrected chi connectivity index (χ2v) is 12.9. The largest absolute Gasteiger partial charge is 0.598 e. The van der Waals surface area contributed by atoms with Gasteiger partial charge >= 0.3 is 5.97 Å². The van der Waals surface area contributed by atoms with Crippen molar-refractivity contribution in [3.05, 3.63) is 83.3 Å². The highest BCUT2D eigenvalue weighted by molar-refractivity contribution is 7.90. The van der Waals surface area contributed by atoms with E-state index in [9.17, 15) is 18.8 Å². The van der Waals surface area contributed by atoms with Gasteiger partial charge in [-0.15, -0.1) is 4.72 Å². The number of nitrogens with zero attached hydrogens (tertiary/aromatic N) is 2. The summed E-state index contributed by atoms with van der Waals surface area (Å²) in [6, 6.07) is 11.2. The van der Waals surface area contributed by atoms with Gasteiger partial charge in [0.05, 0.1) is 18.7 Å². The van der Waals surface area contributed by atoms with Crippen molar-refractivity contribution in [2.75, 3.05) is 0 Å². The smallest absolute Gasteiger partial charge is 0.307 e. The number of benzene rings is 2. The monoisotopic (exact) mass is 569 g/mol. The topological polar surface area (TPSA) is 99.4 Å². The molecule has 0 fully saturated rings. The van der Waals surface area contributed by atoms with E-state index < -0.39 is 33.7 Å². The van der Waals surface area contributed by atoms with E-state index in [1.807, 2.05) is 59.0 Å². The number of aliphatic carboxylic acids is 1. The van der Waals surface area contributed by atoms with Gasteiger partial charge in [0.15, 0.2) is 5.82 Å². The molecule has 0 aliphatic rings. The van der Waals surface area contributed by atoms with Gasteiger partial charge in [-0.2, -0.15) is 0 Å². The van der Waals surface area contributed by atoms with Crippen molar-refractivity contribution in [2.24, 2.45) is 0 Å². The maximum Gasteiger partial charge on any atom is 0.307 e. The molecule has 10 heteroatoms.